The number of nitrogens with one attached hydrogen (secondary N) is 1. The number of rotatable bonds is 8. The first-order valence-corrected chi connectivity index (χ1v) is 11.0. The van der Waals surface area contributed by atoms with Crippen molar-refractivity contribution in [3.05, 3.63) is 24.2 Å². The number of nitrogens with zero attached hydrogens (tertiary/aromatic N) is 4. The number of imidazole rings is 1. The van der Waals surface area contributed by atoms with Crippen LogP contribution in [0.15, 0.2) is 22.1 Å². The molecular weight excluding hydrogens is 370 g/mol. The fourth-order valence-electron chi connectivity index (χ4n) is 3.80. The van der Waals surface area contributed by atoms with Gasteiger partial charge in [-0.3, -0.25) is 0 Å². The molecule has 1 aliphatic carbocycles. The lowest BCUT2D eigenvalue weighted by Crippen LogP contribution is -2.29. The van der Waals surface area contributed by atoms with Gasteiger partial charge >= 0.3 is 0 Å². The summed E-state index contributed by atoms with van der Waals surface area (Å²) in [6.07, 6.45) is 9.12. The van der Waals surface area contributed by atoms with E-state index in [4.69, 9.17) is 9.26 Å². The monoisotopic (exact) mass is 395 g/mol. The van der Waals surface area contributed by atoms with Gasteiger partial charge in [-0.1, -0.05) is 18.0 Å². The summed E-state index contributed by atoms with van der Waals surface area (Å²) in [6.45, 7) is 2.16. The van der Waals surface area contributed by atoms with E-state index in [9.17, 15) is 8.42 Å². The summed E-state index contributed by atoms with van der Waals surface area (Å²) in [7, 11) is -3.55. The van der Waals surface area contributed by atoms with E-state index in [1.807, 2.05) is 0 Å². The van der Waals surface area contributed by atoms with Gasteiger partial charge in [-0.05, 0) is 25.2 Å². The molecule has 1 atom stereocenters. The maximum absolute atomic E-state index is 12.5. The molecule has 0 radical (unpaired) electrons. The van der Waals surface area contributed by atoms with E-state index in [1.54, 1.807) is 0 Å². The van der Waals surface area contributed by atoms with Gasteiger partial charge in [0.25, 0.3) is 10.0 Å². The molecule has 4 rings (SSSR count). The zero-order valence-corrected chi connectivity index (χ0v) is 16.0. The van der Waals surface area contributed by atoms with E-state index in [0.717, 1.165) is 6.61 Å². The van der Waals surface area contributed by atoms with Gasteiger partial charge < -0.3 is 14.2 Å². The summed E-state index contributed by atoms with van der Waals surface area (Å²) in [6, 6.07) is 0. The minimum atomic E-state index is -3.55. The van der Waals surface area contributed by atoms with Crippen LogP contribution in [0.3, 0.4) is 0 Å². The van der Waals surface area contributed by atoms with Crippen LogP contribution < -0.4 is 0 Å². The highest BCUT2D eigenvalue weighted by molar-refractivity contribution is 7.89. The predicted molar refractivity (Wildman–Crippen MR) is 95.5 cm³/mol. The number of aromatic amines is 1. The van der Waals surface area contributed by atoms with E-state index in [0.29, 0.717) is 50.2 Å². The van der Waals surface area contributed by atoms with Crippen LogP contribution in [0, 0.1) is 5.92 Å². The van der Waals surface area contributed by atoms with E-state index in [1.165, 1.54) is 42.5 Å². The zero-order chi connectivity index (χ0) is 18.7. The van der Waals surface area contributed by atoms with Gasteiger partial charge in [0.05, 0.1) is 25.0 Å². The molecule has 9 nitrogen and oxygen atoms in total. The first-order valence-electron chi connectivity index (χ1n) is 9.51. The molecule has 148 valence electrons. The Morgan fingerprint density at radius 2 is 2.15 bits per heavy atom. The van der Waals surface area contributed by atoms with Crippen LogP contribution >= 0.6 is 0 Å². The van der Waals surface area contributed by atoms with Gasteiger partial charge in [-0.15, -0.1) is 0 Å². The predicted octanol–water partition coefficient (Wildman–Crippen LogP) is 1.72. The second kappa shape index (κ2) is 8.07. The third-order valence-corrected chi connectivity index (χ3v) is 7.16. The lowest BCUT2D eigenvalue weighted by Gasteiger charge is -2.14. The molecule has 2 aromatic rings. The number of aromatic nitrogens is 4. The van der Waals surface area contributed by atoms with Crippen molar-refractivity contribution >= 4 is 10.0 Å². The normalized spacial score (nSPS) is 22.0. The molecule has 0 aromatic carbocycles. The lowest BCUT2D eigenvalue weighted by atomic mass is 10.1. The summed E-state index contributed by atoms with van der Waals surface area (Å²) in [4.78, 5) is 10.9. The number of H-pyrrole nitrogens is 1. The van der Waals surface area contributed by atoms with Crippen LogP contribution in [0.1, 0.15) is 49.7 Å². The lowest BCUT2D eigenvalue weighted by molar-refractivity contribution is 0.102. The highest BCUT2D eigenvalue weighted by Crippen LogP contribution is 2.29. The van der Waals surface area contributed by atoms with Crippen molar-refractivity contribution in [2.24, 2.45) is 5.92 Å². The van der Waals surface area contributed by atoms with Gasteiger partial charge in [0, 0.05) is 26.1 Å². The van der Waals surface area contributed by atoms with E-state index in [-0.39, 0.29) is 10.9 Å². The third kappa shape index (κ3) is 4.22. The zero-order valence-electron chi connectivity index (χ0n) is 15.2. The number of ether oxygens (including phenoxy) is 1. The van der Waals surface area contributed by atoms with Gasteiger partial charge in [-0.2, -0.15) is 9.29 Å². The largest absolute Gasteiger partial charge is 0.381 e. The molecule has 1 aliphatic heterocycles. The van der Waals surface area contributed by atoms with Crippen molar-refractivity contribution in [2.75, 3.05) is 26.3 Å². The summed E-state index contributed by atoms with van der Waals surface area (Å²) in [5.41, 5.74) is 0. The second-order valence-electron chi connectivity index (χ2n) is 7.29. The van der Waals surface area contributed by atoms with Crippen molar-refractivity contribution in [1.82, 2.24) is 24.4 Å². The van der Waals surface area contributed by atoms with Crippen molar-refractivity contribution in [3.63, 3.8) is 0 Å². The van der Waals surface area contributed by atoms with Gasteiger partial charge in [0.2, 0.25) is 5.89 Å². The van der Waals surface area contributed by atoms with E-state index < -0.39 is 10.0 Å². The maximum atomic E-state index is 12.5. The van der Waals surface area contributed by atoms with Crippen LogP contribution in [-0.2, 0) is 21.2 Å². The van der Waals surface area contributed by atoms with Gasteiger partial charge in [-0.25, -0.2) is 13.4 Å². The number of hydrogen-bond acceptors (Lipinski definition) is 7. The van der Waals surface area contributed by atoms with Crippen molar-refractivity contribution in [3.8, 4) is 0 Å². The summed E-state index contributed by atoms with van der Waals surface area (Å²) < 4.78 is 37.6. The Kier molecular flexibility index (Phi) is 5.55. The minimum absolute atomic E-state index is 0.0802. The average Bonchev–Trinajstić information content (AvgIpc) is 3.46. The highest BCUT2D eigenvalue weighted by atomic mass is 32.2. The first kappa shape index (κ1) is 18.6. The molecule has 1 N–H and O–H groups in total. The molecule has 1 saturated heterocycles. The van der Waals surface area contributed by atoms with E-state index >= 15 is 0 Å². The molecule has 10 heteroatoms. The average molecular weight is 395 g/mol. The smallest absolute Gasteiger partial charge is 0.260 e. The Labute approximate surface area is 158 Å². The molecule has 0 spiro atoms. The Hall–Kier alpha value is -1.78. The summed E-state index contributed by atoms with van der Waals surface area (Å²) >= 11 is 0. The first-order chi connectivity index (χ1) is 13.1. The van der Waals surface area contributed by atoms with Crippen LogP contribution in [-0.4, -0.2) is 59.1 Å². The summed E-state index contributed by atoms with van der Waals surface area (Å²) in [5.74, 6) is 1.74. The molecule has 2 aliphatic rings. The molecule has 2 aromatic heterocycles. The molecule has 0 bridgehead atoms. The van der Waals surface area contributed by atoms with Crippen LogP contribution in [0.2, 0.25) is 0 Å². The summed E-state index contributed by atoms with van der Waals surface area (Å²) in [5, 5.41) is 4.12. The Morgan fingerprint density at radius 3 is 2.93 bits per heavy atom. The van der Waals surface area contributed by atoms with Gasteiger partial charge in [0.15, 0.2) is 10.9 Å². The fourth-order valence-corrected chi connectivity index (χ4v) is 5.19. The maximum Gasteiger partial charge on any atom is 0.260 e. The van der Waals surface area contributed by atoms with Crippen LogP contribution in [0.25, 0.3) is 0 Å². The van der Waals surface area contributed by atoms with Gasteiger partial charge in [0.1, 0.15) is 0 Å². The second-order valence-corrected chi connectivity index (χ2v) is 9.20. The standard InChI is InChI=1S/C17H25N5O4S/c23-27(24,16-9-18-12-19-16)22-7-5-14(10-22)17-20-15(21-26-17)6-8-25-11-13-3-1-2-4-13/h9,12-14H,1-8,10-11H2,(H,18,19). The Morgan fingerprint density at radius 1 is 1.30 bits per heavy atom. The molecule has 1 saturated carbocycles. The Bertz CT molecular complexity index is 829. The van der Waals surface area contributed by atoms with Crippen molar-refractivity contribution in [2.45, 2.75) is 49.5 Å². The molecule has 1 unspecified atom stereocenters. The molecular formula is C17H25N5O4S. The Balaban J connectivity index is 1.27. The van der Waals surface area contributed by atoms with Crippen molar-refractivity contribution < 1.29 is 17.7 Å². The minimum Gasteiger partial charge on any atom is -0.381 e. The van der Waals surface area contributed by atoms with E-state index in [2.05, 4.69) is 20.1 Å². The highest BCUT2D eigenvalue weighted by Gasteiger charge is 2.36. The fraction of sp³-hybridized carbons (Fsp3) is 0.706. The van der Waals surface area contributed by atoms with Crippen molar-refractivity contribution in [1.29, 1.82) is 0 Å². The number of sulfonamides is 1. The SMILES string of the molecule is O=S(=O)(c1cnc[nH]1)N1CCC(c2nc(CCOCC3CCCC3)no2)C1. The quantitative estimate of drug-likeness (QED) is 0.677. The topological polar surface area (TPSA) is 114 Å². The number of hydrogen-bond donors (Lipinski definition) is 1. The van der Waals surface area contributed by atoms with Crippen LogP contribution in [0.4, 0.5) is 0 Å². The van der Waals surface area contributed by atoms with Crippen LogP contribution in [0.5, 0.6) is 0 Å². The third-order valence-electron chi connectivity index (χ3n) is 5.37. The molecule has 0 amide bonds. The molecule has 3 heterocycles. The molecule has 27 heavy (non-hydrogen) atoms. The molecule has 2 fully saturated rings.